The zero-order valence-corrected chi connectivity index (χ0v) is 12.4. The highest BCUT2D eigenvalue weighted by molar-refractivity contribution is 6.32. The predicted octanol–water partition coefficient (Wildman–Crippen LogP) is 3.21. The summed E-state index contributed by atoms with van der Waals surface area (Å²) in [7, 11) is 4.63. The molecule has 0 bridgehead atoms. The van der Waals surface area contributed by atoms with Crippen LogP contribution in [0.1, 0.15) is 23.7 Å². The van der Waals surface area contributed by atoms with E-state index in [0.717, 1.165) is 0 Å². The van der Waals surface area contributed by atoms with Gasteiger partial charge in [-0.1, -0.05) is 18.5 Å². The summed E-state index contributed by atoms with van der Waals surface area (Å²) in [5.74, 6) is 0.775. The van der Waals surface area contributed by atoms with Crippen LogP contribution in [0.25, 0.3) is 0 Å². The number of halogens is 1. The molecule has 0 saturated heterocycles. The normalized spacial score (nSPS) is 12.1. The molecule has 0 amide bonds. The first-order valence-corrected chi connectivity index (χ1v) is 6.37. The second-order valence-corrected chi connectivity index (χ2v) is 4.65. The molecule has 0 radical (unpaired) electrons. The van der Waals surface area contributed by atoms with Crippen LogP contribution in [-0.4, -0.2) is 33.7 Å². The van der Waals surface area contributed by atoms with E-state index in [2.05, 4.69) is 0 Å². The van der Waals surface area contributed by atoms with Gasteiger partial charge in [-0.3, -0.25) is 4.79 Å². The van der Waals surface area contributed by atoms with E-state index in [4.69, 9.17) is 25.8 Å². The zero-order chi connectivity index (χ0) is 14.4. The van der Waals surface area contributed by atoms with E-state index in [-0.39, 0.29) is 11.7 Å². The minimum Gasteiger partial charge on any atom is -0.493 e. The van der Waals surface area contributed by atoms with Gasteiger partial charge in [-0.25, -0.2) is 0 Å². The number of hydrogen-bond donors (Lipinski definition) is 0. The molecule has 0 fully saturated rings. The lowest BCUT2D eigenvalue weighted by molar-refractivity contribution is 0.0893. The molecule has 19 heavy (non-hydrogen) atoms. The number of carbonyl (C=O) groups is 1. The maximum atomic E-state index is 12.3. The second kappa shape index (κ2) is 7.36. The zero-order valence-electron chi connectivity index (χ0n) is 11.7. The van der Waals surface area contributed by atoms with Crippen molar-refractivity contribution in [2.75, 3.05) is 27.9 Å². The van der Waals surface area contributed by atoms with Crippen LogP contribution in [0.15, 0.2) is 12.1 Å². The Morgan fingerprint density at radius 1 is 1.26 bits per heavy atom. The van der Waals surface area contributed by atoms with Crippen molar-refractivity contribution in [3.05, 3.63) is 22.7 Å². The van der Waals surface area contributed by atoms with E-state index in [1.807, 2.05) is 6.92 Å². The van der Waals surface area contributed by atoms with Gasteiger partial charge in [0.05, 0.1) is 19.2 Å². The summed E-state index contributed by atoms with van der Waals surface area (Å²) in [5.41, 5.74) is 0.520. The molecule has 4 nitrogen and oxygen atoms in total. The SMILES string of the molecule is COCCC(C)C(=O)c1cc(Cl)c(OC)c(OC)c1. The van der Waals surface area contributed by atoms with Crippen LogP contribution in [0.3, 0.4) is 0 Å². The molecule has 0 saturated carbocycles. The number of rotatable bonds is 7. The number of Topliss-reactive ketones (excluding diaryl/α,β-unsaturated/α-hetero) is 1. The van der Waals surface area contributed by atoms with Crippen molar-refractivity contribution < 1.29 is 19.0 Å². The van der Waals surface area contributed by atoms with Crippen LogP contribution in [0, 0.1) is 5.92 Å². The van der Waals surface area contributed by atoms with E-state index in [0.29, 0.717) is 35.1 Å². The molecule has 1 aromatic carbocycles. The van der Waals surface area contributed by atoms with E-state index in [1.54, 1.807) is 19.2 Å². The first kappa shape index (κ1) is 15.8. The summed E-state index contributed by atoms with van der Waals surface area (Å²) < 4.78 is 15.3. The van der Waals surface area contributed by atoms with Gasteiger partial charge < -0.3 is 14.2 Å². The largest absolute Gasteiger partial charge is 0.493 e. The van der Waals surface area contributed by atoms with Gasteiger partial charge in [-0.15, -0.1) is 0 Å². The summed E-state index contributed by atoms with van der Waals surface area (Å²) in [6.45, 7) is 2.42. The van der Waals surface area contributed by atoms with Gasteiger partial charge in [0.15, 0.2) is 17.3 Å². The highest BCUT2D eigenvalue weighted by atomic mass is 35.5. The third-order valence-electron chi connectivity index (χ3n) is 2.92. The molecule has 0 aliphatic rings. The third kappa shape index (κ3) is 3.85. The highest BCUT2D eigenvalue weighted by Crippen LogP contribution is 2.36. The Balaban J connectivity index is 3.01. The minimum absolute atomic E-state index is 0.0138. The van der Waals surface area contributed by atoms with Crippen LogP contribution in [0.5, 0.6) is 11.5 Å². The average Bonchev–Trinajstić information content (AvgIpc) is 2.42. The van der Waals surface area contributed by atoms with E-state index in [9.17, 15) is 4.79 Å². The third-order valence-corrected chi connectivity index (χ3v) is 3.20. The summed E-state index contributed by atoms with van der Waals surface area (Å²) >= 11 is 6.08. The number of benzene rings is 1. The van der Waals surface area contributed by atoms with E-state index in [1.165, 1.54) is 14.2 Å². The molecule has 0 aromatic heterocycles. The lowest BCUT2D eigenvalue weighted by atomic mass is 9.96. The predicted molar refractivity (Wildman–Crippen MR) is 74.5 cm³/mol. The second-order valence-electron chi connectivity index (χ2n) is 4.24. The monoisotopic (exact) mass is 286 g/mol. The number of ketones is 1. The number of ether oxygens (including phenoxy) is 3. The fourth-order valence-electron chi connectivity index (χ4n) is 1.77. The number of carbonyl (C=O) groups excluding carboxylic acids is 1. The lowest BCUT2D eigenvalue weighted by Gasteiger charge is -2.14. The van der Waals surface area contributed by atoms with Gasteiger partial charge in [0.25, 0.3) is 0 Å². The molecule has 1 unspecified atom stereocenters. The quantitative estimate of drug-likeness (QED) is 0.722. The highest BCUT2D eigenvalue weighted by Gasteiger charge is 2.19. The Morgan fingerprint density at radius 2 is 1.95 bits per heavy atom. The standard InChI is InChI=1S/C14H19ClO4/c1-9(5-6-17-2)13(16)10-7-11(15)14(19-4)12(8-10)18-3/h7-9H,5-6H2,1-4H3. The molecule has 106 valence electrons. The molecule has 0 N–H and O–H groups in total. The lowest BCUT2D eigenvalue weighted by Crippen LogP contribution is -2.13. The summed E-state index contributed by atoms with van der Waals surface area (Å²) in [4.78, 5) is 12.3. The van der Waals surface area contributed by atoms with Gasteiger partial charge in [-0.2, -0.15) is 0 Å². The number of methoxy groups -OCH3 is 3. The van der Waals surface area contributed by atoms with Crippen molar-refractivity contribution >= 4 is 17.4 Å². The molecule has 0 spiro atoms. The topological polar surface area (TPSA) is 44.8 Å². The Kier molecular flexibility index (Phi) is 6.12. The molecular formula is C14H19ClO4. The molecule has 0 aliphatic heterocycles. The van der Waals surface area contributed by atoms with Crippen molar-refractivity contribution in [1.29, 1.82) is 0 Å². The van der Waals surface area contributed by atoms with Crippen molar-refractivity contribution in [3.8, 4) is 11.5 Å². The first-order valence-electron chi connectivity index (χ1n) is 5.99. The van der Waals surface area contributed by atoms with Crippen molar-refractivity contribution in [3.63, 3.8) is 0 Å². The maximum absolute atomic E-state index is 12.3. The molecule has 5 heteroatoms. The van der Waals surface area contributed by atoms with Gasteiger partial charge in [0, 0.05) is 25.2 Å². The summed E-state index contributed by atoms with van der Waals surface area (Å²) in [6.07, 6.45) is 0.668. The van der Waals surface area contributed by atoms with Crippen LogP contribution in [0.4, 0.5) is 0 Å². The van der Waals surface area contributed by atoms with Crippen LogP contribution >= 0.6 is 11.6 Å². The molecule has 0 heterocycles. The van der Waals surface area contributed by atoms with Gasteiger partial charge >= 0.3 is 0 Å². The Labute approximate surface area is 118 Å². The molecule has 1 aromatic rings. The van der Waals surface area contributed by atoms with Crippen molar-refractivity contribution in [2.45, 2.75) is 13.3 Å². The van der Waals surface area contributed by atoms with Gasteiger partial charge in [0.2, 0.25) is 0 Å². The molecule has 1 rings (SSSR count). The van der Waals surface area contributed by atoms with Crippen LogP contribution < -0.4 is 9.47 Å². The van der Waals surface area contributed by atoms with Crippen LogP contribution in [-0.2, 0) is 4.74 Å². The minimum atomic E-state index is -0.130. The Bertz CT molecular complexity index is 445. The molecule has 0 aliphatic carbocycles. The van der Waals surface area contributed by atoms with Crippen molar-refractivity contribution in [2.24, 2.45) is 5.92 Å². The van der Waals surface area contributed by atoms with Gasteiger partial charge in [-0.05, 0) is 18.6 Å². The molecular weight excluding hydrogens is 268 g/mol. The fraction of sp³-hybridized carbons (Fsp3) is 0.500. The van der Waals surface area contributed by atoms with E-state index >= 15 is 0 Å². The summed E-state index contributed by atoms with van der Waals surface area (Å²) in [6, 6.07) is 3.25. The Morgan fingerprint density at radius 3 is 2.47 bits per heavy atom. The Hall–Kier alpha value is -1.26. The maximum Gasteiger partial charge on any atom is 0.179 e. The van der Waals surface area contributed by atoms with Crippen LogP contribution in [0.2, 0.25) is 5.02 Å². The smallest absolute Gasteiger partial charge is 0.179 e. The fourth-order valence-corrected chi connectivity index (χ4v) is 2.06. The number of hydrogen-bond acceptors (Lipinski definition) is 4. The van der Waals surface area contributed by atoms with Gasteiger partial charge in [0.1, 0.15) is 0 Å². The average molecular weight is 287 g/mol. The first-order chi connectivity index (χ1) is 9.04. The van der Waals surface area contributed by atoms with E-state index < -0.39 is 0 Å². The summed E-state index contributed by atoms with van der Waals surface area (Å²) in [5, 5.41) is 0.365. The molecule has 1 atom stereocenters. The van der Waals surface area contributed by atoms with Crippen molar-refractivity contribution in [1.82, 2.24) is 0 Å².